The maximum atomic E-state index is 10.5. The summed E-state index contributed by atoms with van der Waals surface area (Å²) >= 11 is 5.96. The molecule has 20 heavy (non-hydrogen) atoms. The van der Waals surface area contributed by atoms with Crippen LogP contribution in [-0.2, 0) is 16.1 Å². The van der Waals surface area contributed by atoms with Crippen molar-refractivity contribution in [2.45, 2.75) is 32.4 Å². The molecule has 2 rings (SSSR count). The lowest BCUT2D eigenvalue weighted by Gasteiger charge is -2.32. The fraction of sp³-hybridized carbons (Fsp3) is 0.533. The Bertz CT molecular complexity index is 470. The third-order valence-electron chi connectivity index (χ3n) is 3.68. The van der Waals surface area contributed by atoms with Crippen LogP contribution in [0, 0.1) is 6.92 Å². The van der Waals surface area contributed by atoms with Crippen molar-refractivity contribution >= 4 is 17.6 Å². The molecule has 0 spiro atoms. The van der Waals surface area contributed by atoms with E-state index in [0.717, 1.165) is 37.5 Å². The highest BCUT2D eigenvalue weighted by atomic mass is 35.5. The molecule has 1 saturated heterocycles. The van der Waals surface area contributed by atoms with Crippen LogP contribution >= 0.6 is 11.6 Å². The van der Waals surface area contributed by atoms with E-state index in [9.17, 15) is 4.79 Å². The van der Waals surface area contributed by atoms with E-state index in [1.165, 1.54) is 11.1 Å². The molecular weight excluding hydrogens is 278 g/mol. The molecule has 110 valence electrons. The summed E-state index contributed by atoms with van der Waals surface area (Å²) in [7, 11) is 0. The topological polar surface area (TPSA) is 49.8 Å². The summed E-state index contributed by atoms with van der Waals surface area (Å²) in [6.45, 7) is 4.66. The van der Waals surface area contributed by atoms with E-state index < -0.39 is 5.97 Å². The number of hydrogen-bond donors (Lipinski definition) is 1. The van der Waals surface area contributed by atoms with Crippen molar-refractivity contribution in [3.8, 4) is 0 Å². The van der Waals surface area contributed by atoms with Crippen LogP contribution in [0.15, 0.2) is 18.2 Å². The van der Waals surface area contributed by atoms with Gasteiger partial charge in [-0.3, -0.25) is 4.90 Å². The molecular formula is C15H20ClNO3. The zero-order chi connectivity index (χ0) is 14.5. The van der Waals surface area contributed by atoms with Gasteiger partial charge in [0.25, 0.3) is 0 Å². The Labute approximate surface area is 124 Å². The van der Waals surface area contributed by atoms with Gasteiger partial charge in [0.1, 0.15) is 6.61 Å². The van der Waals surface area contributed by atoms with Crippen molar-refractivity contribution in [1.82, 2.24) is 4.90 Å². The molecule has 0 amide bonds. The van der Waals surface area contributed by atoms with Crippen LogP contribution in [0.5, 0.6) is 0 Å². The first kappa shape index (κ1) is 15.3. The molecule has 0 saturated carbocycles. The molecule has 1 heterocycles. The second kappa shape index (κ2) is 7.07. The minimum atomic E-state index is -0.899. The highest BCUT2D eigenvalue weighted by molar-refractivity contribution is 6.30. The zero-order valence-electron chi connectivity index (χ0n) is 11.6. The number of carbonyl (C=O) groups is 1. The van der Waals surface area contributed by atoms with Gasteiger partial charge in [0, 0.05) is 24.7 Å². The lowest BCUT2D eigenvalue weighted by molar-refractivity contribution is -0.145. The standard InChI is InChI=1S/C15H20ClNO3/c1-11-8-13(16)3-2-12(11)9-17-6-4-14(5-7-17)20-10-15(18)19/h2-3,8,14H,4-7,9-10H2,1H3,(H,18,19). The number of carboxylic acid groups (broad SMARTS) is 1. The number of ether oxygens (including phenoxy) is 1. The third-order valence-corrected chi connectivity index (χ3v) is 3.91. The Balaban J connectivity index is 1.80. The van der Waals surface area contributed by atoms with E-state index in [2.05, 4.69) is 17.9 Å². The predicted molar refractivity (Wildman–Crippen MR) is 78.1 cm³/mol. The van der Waals surface area contributed by atoms with Gasteiger partial charge < -0.3 is 9.84 Å². The smallest absolute Gasteiger partial charge is 0.329 e. The Kier molecular flexibility index (Phi) is 5.40. The summed E-state index contributed by atoms with van der Waals surface area (Å²) in [5, 5.41) is 9.37. The number of piperidine rings is 1. The Morgan fingerprint density at radius 2 is 2.15 bits per heavy atom. The minimum Gasteiger partial charge on any atom is -0.480 e. The lowest BCUT2D eigenvalue weighted by atomic mass is 10.0. The fourth-order valence-electron chi connectivity index (χ4n) is 2.50. The number of hydrogen-bond acceptors (Lipinski definition) is 3. The summed E-state index contributed by atoms with van der Waals surface area (Å²) in [4.78, 5) is 12.8. The molecule has 1 aliphatic rings. The Morgan fingerprint density at radius 3 is 2.75 bits per heavy atom. The van der Waals surface area contributed by atoms with Crippen LogP contribution in [0.3, 0.4) is 0 Å². The molecule has 4 nitrogen and oxygen atoms in total. The van der Waals surface area contributed by atoms with E-state index >= 15 is 0 Å². The quantitative estimate of drug-likeness (QED) is 0.908. The van der Waals surface area contributed by atoms with Gasteiger partial charge in [0.2, 0.25) is 0 Å². The van der Waals surface area contributed by atoms with Crippen molar-refractivity contribution in [2.24, 2.45) is 0 Å². The van der Waals surface area contributed by atoms with Crippen molar-refractivity contribution in [2.75, 3.05) is 19.7 Å². The van der Waals surface area contributed by atoms with Gasteiger partial charge in [-0.2, -0.15) is 0 Å². The lowest BCUT2D eigenvalue weighted by Crippen LogP contribution is -2.37. The predicted octanol–water partition coefficient (Wildman–Crippen LogP) is 2.71. The molecule has 0 radical (unpaired) electrons. The number of rotatable bonds is 5. The van der Waals surface area contributed by atoms with E-state index in [-0.39, 0.29) is 12.7 Å². The molecule has 0 atom stereocenters. The molecule has 0 aliphatic carbocycles. The van der Waals surface area contributed by atoms with Gasteiger partial charge in [-0.25, -0.2) is 4.79 Å². The number of benzene rings is 1. The average molecular weight is 298 g/mol. The highest BCUT2D eigenvalue weighted by Crippen LogP contribution is 2.20. The van der Waals surface area contributed by atoms with E-state index in [1.54, 1.807) is 0 Å². The van der Waals surface area contributed by atoms with E-state index in [4.69, 9.17) is 21.4 Å². The third kappa shape index (κ3) is 4.47. The van der Waals surface area contributed by atoms with Crippen molar-refractivity contribution in [1.29, 1.82) is 0 Å². The van der Waals surface area contributed by atoms with Gasteiger partial charge >= 0.3 is 5.97 Å². The highest BCUT2D eigenvalue weighted by Gasteiger charge is 2.20. The van der Waals surface area contributed by atoms with Crippen LogP contribution in [0.1, 0.15) is 24.0 Å². The minimum absolute atomic E-state index is 0.0775. The first-order valence-corrected chi connectivity index (χ1v) is 7.23. The number of nitrogens with zero attached hydrogens (tertiary/aromatic N) is 1. The van der Waals surface area contributed by atoms with Gasteiger partial charge in [-0.1, -0.05) is 17.7 Å². The molecule has 1 aliphatic heterocycles. The summed E-state index contributed by atoms with van der Waals surface area (Å²) in [6, 6.07) is 5.98. The second-order valence-corrected chi connectivity index (χ2v) is 5.69. The number of aryl methyl sites for hydroxylation is 1. The van der Waals surface area contributed by atoms with Crippen LogP contribution in [0.25, 0.3) is 0 Å². The first-order chi connectivity index (χ1) is 9.54. The number of halogens is 1. The molecule has 1 fully saturated rings. The molecule has 1 N–H and O–H groups in total. The SMILES string of the molecule is Cc1cc(Cl)ccc1CN1CCC(OCC(=O)O)CC1. The maximum Gasteiger partial charge on any atom is 0.329 e. The molecule has 1 aromatic rings. The summed E-state index contributed by atoms with van der Waals surface area (Å²) in [6.07, 6.45) is 1.86. The second-order valence-electron chi connectivity index (χ2n) is 5.25. The molecule has 0 aromatic heterocycles. The Hall–Kier alpha value is -1.10. The molecule has 5 heteroatoms. The normalized spacial score (nSPS) is 17.3. The van der Waals surface area contributed by atoms with Gasteiger partial charge in [-0.05, 0) is 43.0 Å². The summed E-state index contributed by atoms with van der Waals surface area (Å²) in [5.74, 6) is -0.899. The van der Waals surface area contributed by atoms with Crippen LogP contribution < -0.4 is 0 Å². The molecule has 0 bridgehead atoms. The van der Waals surface area contributed by atoms with E-state index in [1.807, 2.05) is 12.1 Å². The largest absolute Gasteiger partial charge is 0.480 e. The number of aliphatic carboxylic acids is 1. The summed E-state index contributed by atoms with van der Waals surface area (Å²) < 4.78 is 5.34. The van der Waals surface area contributed by atoms with Gasteiger partial charge in [-0.15, -0.1) is 0 Å². The number of likely N-dealkylation sites (tertiary alicyclic amines) is 1. The average Bonchev–Trinajstić information content (AvgIpc) is 2.41. The van der Waals surface area contributed by atoms with Crippen LogP contribution in [0.2, 0.25) is 5.02 Å². The van der Waals surface area contributed by atoms with Crippen molar-refractivity contribution in [3.63, 3.8) is 0 Å². The van der Waals surface area contributed by atoms with E-state index in [0.29, 0.717) is 0 Å². The Morgan fingerprint density at radius 1 is 1.45 bits per heavy atom. The van der Waals surface area contributed by atoms with Crippen molar-refractivity contribution < 1.29 is 14.6 Å². The van der Waals surface area contributed by atoms with Gasteiger partial charge in [0.15, 0.2) is 0 Å². The first-order valence-electron chi connectivity index (χ1n) is 6.85. The van der Waals surface area contributed by atoms with Crippen molar-refractivity contribution in [3.05, 3.63) is 34.3 Å². The van der Waals surface area contributed by atoms with Crippen LogP contribution in [0.4, 0.5) is 0 Å². The maximum absolute atomic E-state index is 10.5. The monoisotopic (exact) mass is 297 g/mol. The summed E-state index contributed by atoms with van der Waals surface area (Å²) in [5.41, 5.74) is 2.50. The zero-order valence-corrected chi connectivity index (χ0v) is 12.4. The molecule has 1 aromatic carbocycles. The van der Waals surface area contributed by atoms with Gasteiger partial charge in [0.05, 0.1) is 6.10 Å². The number of carboxylic acids is 1. The molecule has 0 unspecified atom stereocenters. The fourth-order valence-corrected chi connectivity index (χ4v) is 2.73. The van der Waals surface area contributed by atoms with Crippen LogP contribution in [-0.4, -0.2) is 41.8 Å².